The van der Waals surface area contributed by atoms with Gasteiger partial charge in [0.1, 0.15) is 0 Å². The molecule has 0 bridgehead atoms. The Balaban J connectivity index is 2.03. The predicted octanol–water partition coefficient (Wildman–Crippen LogP) is 2.75. The molecule has 0 aliphatic carbocycles. The zero-order chi connectivity index (χ0) is 16.1. The first-order chi connectivity index (χ1) is 10.5. The average molecular weight is 342 g/mol. The van der Waals surface area contributed by atoms with Crippen molar-refractivity contribution < 1.29 is 18.7 Å². The fourth-order valence-corrected chi connectivity index (χ4v) is 2.33. The molecule has 0 saturated heterocycles. The number of hydrogen-bond donors (Lipinski definition) is 1. The third kappa shape index (κ3) is 4.22. The summed E-state index contributed by atoms with van der Waals surface area (Å²) in [6.07, 6.45) is -0.817. The van der Waals surface area contributed by atoms with Crippen LogP contribution in [0, 0.1) is 0 Å². The van der Waals surface area contributed by atoms with Gasteiger partial charge in [-0.05, 0) is 25.1 Å². The second-order valence-corrected chi connectivity index (χ2v) is 5.85. The summed E-state index contributed by atoms with van der Waals surface area (Å²) >= 11 is 6.93. The number of alkyl carbamates (subject to hydrolysis) is 1. The quantitative estimate of drug-likeness (QED) is 0.854. The van der Waals surface area contributed by atoms with Gasteiger partial charge in [-0.25, -0.2) is 4.79 Å². The lowest BCUT2D eigenvalue weighted by Gasteiger charge is -2.07. The summed E-state index contributed by atoms with van der Waals surface area (Å²) in [4.78, 5) is 22.7. The van der Waals surface area contributed by atoms with E-state index in [1.165, 1.54) is 7.11 Å². The first-order valence-corrected chi connectivity index (χ1v) is 7.40. The van der Waals surface area contributed by atoms with Crippen molar-refractivity contribution in [2.24, 2.45) is 0 Å². The van der Waals surface area contributed by atoms with Gasteiger partial charge in [0, 0.05) is 10.6 Å². The van der Waals surface area contributed by atoms with Crippen LogP contribution in [-0.2, 0) is 9.53 Å². The average Bonchev–Trinajstić information content (AvgIpc) is 2.95. The molecule has 0 unspecified atom stereocenters. The summed E-state index contributed by atoms with van der Waals surface area (Å²) in [6, 6.07) is 6.97. The molecular weight excluding hydrogens is 330 g/mol. The minimum atomic E-state index is -0.817. The zero-order valence-corrected chi connectivity index (χ0v) is 13.3. The third-order valence-electron chi connectivity index (χ3n) is 2.54. The minimum Gasteiger partial charge on any atom is -0.453 e. The lowest BCUT2D eigenvalue weighted by Crippen LogP contribution is -2.35. The van der Waals surface area contributed by atoms with Crippen LogP contribution in [0.1, 0.15) is 6.92 Å². The number of methoxy groups -OCH3 is 1. The molecule has 2 aromatic rings. The molecule has 9 heteroatoms. The van der Waals surface area contributed by atoms with Crippen molar-refractivity contribution in [1.29, 1.82) is 0 Å². The normalized spacial score (nSPS) is 11.8. The van der Waals surface area contributed by atoms with Gasteiger partial charge in [0.05, 0.1) is 12.4 Å². The third-order valence-corrected chi connectivity index (χ3v) is 3.70. The van der Waals surface area contributed by atoms with Gasteiger partial charge in [0.25, 0.3) is 5.22 Å². The monoisotopic (exact) mass is 341 g/mol. The van der Waals surface area contributed by atoms with Crippen molar-refractivity contribution in [3.05, 3.63) is 29.3 Å². The maximum atomic E-state index is 11.7. The molecule has 7 nitrogen and oxygen atoms in total. The van der Waals surface area contributed by atoms with E-state index in [9.17, 15) is 9.59 Å². The number of ether oxygens (including phenoxy) is 1. The second kappa shape index (κ2) is 7.28. The molecule has 2 amide bonds. The van der Waals surface area contributed by atoms with Crippen LogP contribution in [0.5, 0.6) is 0 Å². The smallest absolute Gasteiger partial charge is 0.413 e. The number of carbonyl (C=O) groups excluding carboxylic acids is 2. The number of carbonyl (C=O) groups is 2. The molecule has 2 rings (SSSR count). The highest BCUT2D eigenvalue weighted by Crippen LogP contribution is 2.27. The molecule has 0 aliphatic heterocycles. The van der Waals surface area contributed by atoms with Crippen molar-refractivity contribution in [2.45, 2.75) is 17.4 Å². The highest BCUT2D eigenvalue weighted by atomic mass is 35.5. The van der Waals surface area contributed by atoms with Crippen LogP contribution in [0.15, 0.2) is 33.9 Å². The van der Waals surface area contributed by atoms with Crippen LogP contribution in [-0.4, -0.2) is 34.6 Å². The number of nitrogens with zero attached hydrogens (tertiary/aromatic N) is 2. The highest BCUT2D eigenvalue weighted by molar-refractivity contribution is 8.00. The maximum absolute atomic E-state index is 11.7. The number of imide groups is 1. The molecule has 1 N–H and O–H groups in total. The second-order valence-electron chi connectivity index (χ2n) is 4.12. The van der Waals surface area contributed by atoms with Gasteiger partial charge >= 0.3 is 6.09 Å². The summed E-state index contributed by atoms with van der Waals surface area (Å²) in [5.74, 6) is -0.218. The molecule has 1 heterocycles. The summed E-state index contributed by atoms with van der Waals surface area (Å²) < 4.78 is 9.81. The summed E-state index contributed by atoms with van der Waals surface area (Å²) in [5, 5.41) is 9.97. The highest BCUT2D eigenvalue weighted by Gasteiger charge is 2.20. The summed E-state index contributed by atoms with van der Waals surface area (Å²) in [6.45, 7) is 1.60. The van der Waals surface area contributed by atoms with E-state index < -0.39 is 17.3 Å². The molecule has 0 spiro atoms. The fraction of sp³-hybridized carbons (Fsp3) is 0.231. The summed E-state index contributed by atoms with van der Waals surface area (Å²) in [7, 11) is 1.18. The van der Waals surface area contributed by atoms with Crippen molar-refractivity contribution in [1.82, 2.24) is 15.5 Å². The first-order valence-electron chi connectivity index (χ1n) is 6.14. The largest absolute Gasteiger partial charge is 0.453 e. The van der Waals surface area contributed by atoms with E-state index in [2.05, 4.69) is 20.3 Å². The van der Waals surface area contributed by atoms with Crippen molar-refractivity contribution >= 4 is 35.4 Å². The van der Waals surface area contributed by atoms with Gasteiger partial charge in [-0.1, -0.05) is 29.4 Å². The first kappa shape index (κ1) is 16.3. The number of thioether (sulfide) groups is 1. The minimum absolute atomic E-state index is 0.211. The SMILES string of the molecule is COC(=O)NC(=O)[C@H](C)Sc1nnc(-c2cccc(Cl)c2)o1. The van der Waals surface area contributed by atoms with Crippen LogP contribution >= 0.6 is 23.4 Å². The number of benzene rings is 1. The molecule has 116 valence electrons. The molecule has 0 aliphatic rings. The molecule has 0 radical (unpaired) electrons. The predicted molar refractivity (Wildman–Crippen MR) is 80.6 cm³/mol. The van der Waals surface area contributed by atoms with Gasteiger partial charge in [-0.2, -0.15) is 0 Å². The number of hydrogen-bond acceptors (Lipinski definition) is 7. The maximum Gasteiger partial charge on any atom is 0.413 e. The lowest BCUT2D eigenvalue weighted by atomic mass is 10.2. The van der Waals surface area contributed by atoms with E-state index in [0.717, 1.165) is 11.8 Å². The van der Waals surface area contributed by atoms with E-state index in [-0.39, 0.29) is 5.22 Å². The van der Waals surface area contributed by atoms with Gasteiger partial charge in [-0.15, -0.1) is 10.2 Å². The number of aromatic nitrogens is 2. The van der Waals surface area contributed by atoms with Crippen LogP contribution in [0.4, 0.5) is 4.79 Å². The van der Waals surface area contributed by atoms with Gasteiger partial charge in [0.15, 0.2) is 0 Å². The Morgan fingerprint density at radius 2 is 2.18 bits per heavy atom. The Kier molecular flexibility index (Phi) is 5.40. The molecule has 22 heavy (non-hydrogen) atoms. The van der Waals surface area contributed by atoms with Crippen LogP contribution < -0.4 is 5.32 Å². The lowest BCUT2D eigenvalue weighted by molar-refractivity contribution is -0.119. The van der Waals surface area contributed by atoms with E-state index in [1.807, 2.05) is 0 Å². The Bertz CT molecular complexity index is 691. The standard InChI is InChI=1S/C13H12ClN3O4S/c1-7(10(18)15-12(19)20-2)22-13-17-16-11(21-13)8-4-3-5-9(14)6-8/h3-7H,1-2H3,(H,15,18,19)/t7-/m0/s1. The Labute approximate surface area is 135 Å². The number of amides is 2. The van der Waals surface area contributed by atoms with E-state index >= 15 is 0 Å². The molecule has 1 aromatic carbocycles. The van der Waals surface area contributed by atoms with E-state index in [1.54, 1.807) is 31.2 Å². The molecule has 1 atom stereocenters. The van der Waals surface area contributed by atoms with E-state index in [0.29, 0.717) is 16.5 Å². The number of rotatable bonds is 4. The van der Waals surface area contributed by atoms with Gasteiger partial charge in [0.2, 0.25) is 11.8 Å². The summed E-state index contributed by atoms with van der Waals surface area (Å²) in [5.41, 5.74) is 0.679. The Hall–Kier alpha value is -2.06. The fourth-order valence-electron chi connectivity index (χ4n) is 1.45. The number of nitrogens with one attached hydrogen (secondary N) is 1. The van der Waals surface area contributed by atoms with Crippen LogP contribution in [0.2, 0.25) is 5.02 Å². The molecule has 1 aromatic heterocycles. The van der Waals surface area contributed by atoms with Crippen LogP contribution in [0.3, 0.4) is 0 Å². The van der Waals surface area contributed by atoms with Crippen LogP contribution in [0.25, 0.3) is 11.5 Å². The Morgan fingerprint density at radius 1 is 1.41 bits per heavy atom. The Morgan fingerprint density at radius 3 is 2.86 bits per heavy atom. The molecule has 0 fully saturated rings. The molecule has 0 saturated carbocycles. The van der Waals surface area contributed by atoms with Gasteiger partial charge < -0.3 is 9.15 Å². The topological polar surface area (TPSA) is 94.3 Å². The number of halogens is 1. The van der Waals surface area contributed by atoms with Crippen molar-refractivity contribution in [3.8, 4) is 11.5 Å². The van der Waals surface area contributed by atoms with Crippen molar-refractivity contribution in [2.75, 3.05) is 7.11 Å². The van der Waals surface area contributed by atoms with Crippen molar-refractivity contribution in [3.63, 3.8) is 0 Å². The molecular formula is C13H12ClN3O4S. The zero-order valence-electron chi connectivity index (χ0n) is 11.7. The van der Waals surface area contributed by atoms with Gasteiger partial charge in [-0.3, -0.25) is 10.1 Å². The van der Waals surface area contributed by atoms with E-state index in [4.69, 9.17) is 16.0 Å².